The molecule has 1 saturated heterocycles. The second kappa shape index (κ2) is 3.35. The van der Waals surface area contributed by atoms with Gasteiger partial charge in [0.15, 0.2) is 0 Å². The first-order valence-corrected chi connectivity index (χ1v) is 5.06. The van der Waals surface area contributed by atoms with Gasteiger partial charge in [0.1, 0.15) is 0 Å². The third-order valence-corrected chi connectivity index (χ3v) is 3.58. The van der Waals surface area contributed by atoms with Gasteiger partial charge < -0.3 is 9.64 Å². The Labute approximate surface area is 74.9 Å². The molecule has 0 N–H and O–H groups in total. The van der Waals surface area contributed by atoms with Gasteiger partial charge in [0.2, 0.25) is 0 Å². The SMILES string of the molecule is COC1CC[C@@H]2CCCN(C)[C@H]12. The molecule has 2 aliphatic rings. The maximum atomic E-state index is 5.51. The van der Waals surface area contributed by atoms with E-state index in [0.717, 1.165) is 12.0 Å². The van der Waals surface area contributed by atoms with Crippen LogP contribution in [0.4, 0.5) is 0 Å². The number of hydrogen-bond donors (Lipinski definition) is 0. The van der Waals surface area contributed by atoms with E-state index in [0.29, 0.717) is 6.10 Å². The normalized spacial score (nSPS) is 43.0. The highest BCUT2D eigenvalue weighted by Gasteiger charge is 2.40. The molecule has 0 spiro atoms. The van der Waals surface area contributed by atoms with Gasteiger partial charge >= 0.3 is 0 Å². The molecular formula is C10H19NO. The van der Waals surface area contributed by atoms with Gasteiger partial charge in [0, 0.05) is 13.2 Å². The molecule has 2 heteroatoms. The fourth-order valence-electron chi connectivity index (χ4n) is 2.99. The van der Waals surface area contributed by atoms with Crippen LogP contribution in [0.2, 0.25) is 0 Å². The molecule has 1 heterocycles. The van der Waals surface area contributed by atoms with Crippen molar-refractivity contribution in [2.24, 2.45) is 5.92 Å². The first-order chi connectivity index (χ1) is 5.83. The lowest BCUT2D eigenvalue weighted by Crippen LogP contribution is -2.46. The van der Waals surface area contributed by atoms with Crippen molar-refractivity contribution in [2.45, 2.75) is 37.8 Å². The summed E-state index contributed by atoms with van der Waals surface area (Å²) in [4.78, 5) is 2.50. The molecule has 1 saturated carbocycles. The van der Waals surface area contributed by atoms with Gasteiger partial charge in [-0.2, -0.15) is 0 Å². The largest absolute Gasteiger partial charge is 0.380 e. The monoisotopic (exact) mass is 169 g/mol. The summed E-state index contributed by atoms with van der Waals surface area (Å²) in [6, 6.07) is 0.726. The Kier molecular flexibility index (Phi) is 2.37. The van der Waals surface area contributed by atoms with Crippen molar-refractivity contribution in [2.75, 3.05) is 20.7 Å². The lowest BCUT2D eigenvalue weighted by Gasteiger charge is -2.37. The molecule has 0 aromatic rings. The number of nitrogens with zero attached hydrogens (tertiary/aromatic N) is 1. The number of likely N-dealkylation sites (N-methyl/N-ethyl adjacent to an activating group) is 1. The van der Waals surface area contributed by atoms with Crippen LogP contribution in [0.3, 0.4) is 0 Å². The van der Waals surface area contributed by atoms with Gasteiger partial charge in [-0.05, 0) is 45.2 Å². The third kappa shape index (κ3) is 1.27. The summed E-state index contributed by atoms with van der Waals surface area (Å²) in [6.07, 6.45) is 5.98. The van der Waals surface area contributed by atoms with Gasteiger partial charge in [0.25, 0.3) is 0 Å². The summed E-state index contributed by atoms with van der Waals surface area (Å²) in [7, 11) is 4.10. The number of fused-ring (bicyclic) bond motifs is 1. The quantitative estimate of drug-likeness (QED) is 0.590. The van der Waals surface area contributed by atoms with Crippen molar-refractivity contribution in [3.63, 3.8) is 0 Å². The Balaban J connectivity index is 2.06. The molecule has 0 amide bonds. The third-order valence-electron chi connectivity index (χ3n) is 3.58. The molecular weight excluding hydrogens is 150 g/mol. The minimum Gasteiger partial charge on any atom is -0.380 e. The molecule has 3 atom stereocenters. The summed E-state index contributed by atoms with van der Waals surface area (Å²) < 4.78 is 5.51. The smallest absolute Gasteiger partial charge is 0.0729 e. The highest BCUT2D eigenvalue weighted by Crippen LogP contribution is 2.37. The number of methoxy groups -OCH3 is 1. The molecule has 2 nitrogen and oxygen atoms in total. The zero-order chi connectivity index (χ0) is 8.55. The fourth-order valence-corrected chi connectivity index (χ4v) is 2.99. The lowest BCUT2D eigenvalue weighted by molar-refractivity contribution is 0.0148. The zero-order valence-electron chi connectivity index (χ0n) is 8.12. The summed E-state index contributed by atoms with van der Waals surface area (Å²) in [5.74, 6) is 0.925. The van der Waals surface area contributed by atoms with E-state index in [2.05, 4.69) is 11.9 Å². The zero-order valence-corrected chi connectivity index (χ0v) is 8.12. The van der Waals surface area contributed by atoms with Crippen LogP contribution in [0.15, 0.2) is 0 Å². The molecule has 0 bridgehead atoms. The Bertz CT molecular complexity index is 154. The molecule has 1 aliphatic heterocycles. The fraction of sp³-hybridized carbons (Fsp3) is 1.00. The standard InChI is InChI=1S/C10H19NO/c1-11-7-3-4-8-5-6-9(12-2)10(8)11/h8-10H,3-7H2,1-2H3/t8-,9?,10-/m0/s1. The summed E-state index contributed by atoms with van der Waals surface area (Å²) >= 11 is 0. The molecule has 1 aliphatic carbocycles. The topological polar surface area (TPSA) is 12.5 Å². The number of hydrogen-bond acceptors (Lipinski definition) is 2. The van der Waals surface area contributed by atoms with Crippen LogP contribution in [0.5, 0.6) is 0 Å². The Morgan fingerprint density at radius 2 is 2.08 bits per heavy atom. The summed E-state index contributed by atoms with van der Waals surface area (Å²) in [5.41, 5.74) is 0. The van der Waals surface area contributed by atoms with Crippen molar-refractivity contribution in [1.82, 2.24) is 4.90 Å². The number of piperidine rings is 1. The van der Waals surface area contributed by atoms with Crippen molar-refractivity contribution in [1.29, 1.82) is 0 Å². The van der Waals surface area contributed by atoms with Gasteiger partial charge in [-0.25, -0.2) is 0 Å². The van der Waals surface area contributed by atoms with Gasteiger partial charge in [-0.3, -0.25) is 0 Å². The predicted octanol–water partition coefficient (Wildman–Crippen LogP) is 1.51. The molecule has 0 aromatic carbocycles. The van der Waals surface area contributed by atoms with E-state index in [4.69, 9.17) is 4.74 Å². The molecule has 1 unspecified atom stereocenters. The first kappa shape index (κ1) is 8.52. The minimum absolute atomic E-state index is 0.514. The lowest BCUT2D eigenvalue weighted by atomic mass is 9.92. The average Bonchev–Trinajstić information content (AvgIpc) is 2.49. The maximum absolute atomic E-state index is 5.51. The van der Waals surface area contributed by atoms with Crippen LogP contribution in [0, 0.1) is 5.92 Å². The van der Waals surface area contributed by atoms with Crippen LogP contribution in [0.1, 0.15) is 25.7 Å². The van der Waals surface area contributed by atoms with Gasteiger partial charge in [-0.1, -0.05) is 0 Å². The van der Waals surface area contributed by atoms with Crippen molar-refractivity contribution in [3.8, 4) is 0 Å². The Hall–Kier alpha value is -0.0800. The van der Waals surface area contributed by atoms with E-state index in [-0.39, 0.29) is 0 Å². The Morgan fingerprint density at radius 3 is 2.83 bits per heavy atom. The van der Waals surface area contributed by atoms with Crippen molar-refractivity contribution in [3.05, 3.63) is 0 Å². The van der Waals surface area contributed by atoms with Gasteiger partial charge in [-0.15, -0.1) is 0 Å². The van der Waals surface area contributed by atoms with E-state index >= 15 is 0 Å². The van der Waals surface area contributed by atoms with Gasteiger partial charge in [0.05, 0.1) is 6.10 Å². The highest BCUT2D eigenvalue weighted by atomic mass is 16.5. The van der Waals surface area contributed by atoms with E-state index in [1.807, 2.05) is 7.11 Å². The van der Waals surface area contributed by atoms with E-state index in [1.54, 1.807) is 0 Å². The number of likely N-dealkylation sites (tertiary alicyclic amines) is 1. The molecule has 12 heavy (non-hydrogen) atoms. The summed E-state index contributed by atoms with van der Waals surface area (Å²) in [6.45, 7) is 1.26. The van der Waals surface area contributed by atoms with Crippen molar-refractivity contribution < 1.29 is 4.74 Å². The van der Waals surface area contributed by atoms with Crippen LogP contribution in [-0.2, 0) is 4.74 Å². The predicted molar refractivity (Wildman–Crippen MR) is 49.2 cm³/mol. The molecule has 2 fully saturated rings. The molecule has 2 rings (SSSR count). The highest BCUT2D eigenvalue weighted by molar-refractivity contribution is 4.94. The second-order valence-corrected chi connectivity index (χ2v) is 4.23. The number of ether oxygens (including phenoxy) is 1. The van der Waals surface area contributed by atoms with Crippen LogP contribution >= 0.6 is 0 Å². The van der Waals surface area contributed by atoms with Crippen LogP contribution in [-0.4, -0.2) is 37.7 Å². The first-order valence-electron chi connectivity index (χ1n) is 5.06. The molecule has 0 radical (unpaired) electrons. The van der Waals surface area contributed by atoms with Crippen molar-refractivity contribution >= 4 is 0 Å². The maximum Gasteiger partial charge on any atom is 0.0729 e. The summed E-state index contributed by atoms with van der Waals surface area (Å²) in [5, 5.41) is 0. The van der Waals surface area contributed by atoms with E-state index in [9.17, 15) is 0 Å². The molecule has 0 aromatic heterocycles. The van der Waals surface area contributed by atoms with E-state index in [1.165, 1.54) is 32.2 Å². The second-order valence-electron chi connectivity index (χ2n) is 4.23. The molecule has 70 valence electrons. The Morgan fingerprint density at radius 1 is 1.25 bits per heavy atom. The minimum atomic E-state index is 0.514. The van der Waals surface area contributed by atoms with Crippen LogP contribution in [0.25, 0.3) is 0 Å². The average molecular weight is 169 g/mol. The van der Waals surface area contributed by atoms with Crippen LogP contribution < -0.4 is 0 Å². The number of rotatable bonds is 1. The van der Waals surface area contributed by atoms with E-state index < -0.39 is 0 Å².